The maximum atomic E-state index is 12.3. The Hall–Kier alpha value is -2.60. The first kappa shape index (κ1) is 18.2. The van der Waals surface area contributed by atoms with E-state index in [1.807, 2.05) is 28.8 Å². The third kappa shape index (κ3) is 4.32. The van der Waals surface area contributed by atoms with Gasteiger partial charge in [0.05, 0.1) is 5.75 Å². The highest BCUT2D eigenvalue weighted by Gasteiger charge is 2.11. The zero-order chi connectivity index (χ0) is 18.5. The van der Waals surface area contributed by atoms with Gasteiger partial charge in [0.1, 0.15) is 6.33 Å². The van der Waals surface area contributed by atoms with E-state index in [4.69, 9.17) is 0 Å². The summed E-state index contributed by atoms with van der Waals surface area (Å²) in [5.41, 5.74) is 5.47. The Morgan fingerprint density at radius 3 is 2.77 bits per heavy atom. The minimum atomic E-state index is -0.0575. The smallest absolute Gasteiger partial charge is 0.234 e. The van der Waals surface area contributed by atoms with Crippen molar-refractivity contribution >= 4 is 23.4 Å². The van der Waals surface area contributed by atoms with Crippen LogP contribution in [0.15, 0.2) is 53.9 Å². The van der Waals surface area contributed by atoms with Gasteiger partial charge in [0.2, 0.25) is 5.91 Å². The van der Waals surface area contributed by atoms with Gasteiger partial charge in [-0.05, 0) is 61.2 Å². The summed E-state index contributed by atoms with van der Waals surface area (Å²) in [6.45, 7) is 6.25. The zero-order valence-corrected chi connectivity index (χ0v) is 16.0. The van der Waals surface area contributed by atoms with Crippen LogP contribution in [0.3, 0.4) is 0 Å². The second kappa shape index (κ2) is 8.19. The van der Waals surface area contributed by atoms with E-state index in [0.29, 0.717) is 5.16 Å². The van der Waals surface area contributed by atoms with Gasteiger partial charge in [-0.25, -0.2) is 0 Å². The van der Waals surface area contributed by atoms with Crippen LogP contribution in [-0.4, -0.2) is 26.4 Å². The molecule has 0 spiro atoms. The van der Waals surface area contributed by atoms with Crippen molar-refractivity contribution in [3.8, 4) is 5.69 Å². The summed E-state index contributed by atoms with van der Waals surface area (Å²) >= 11 is 1.37. The molecule has 1 amide bonds. The summed E-state index contributed by atoms with van der Waals surface area (Å²) in [4.78, 5) is 12.3. The van der Waals surface area contributed by atoms with Gasteiger partial charge >= 0.3 is 0 Å². The van der Waals surface area contributed by atoms with Crippen LogP contribution in [0.4, 0.5) is 5.69 Å². The summed E-state index contributed by atoms with van der Waals surface area (Å²) in [5, 5.41) is 11.8. The molecule has 3 aromatic rings. The monoisotopic (exact) mass is 366 g/mol. The molecule has 0 aliphatic rings. The molecule has 0 atom stereocenters. The van der Waals surface area contributed by atoms with E-state index in [0.717, 1.165) is 17.8 Å². The van der Waals surface area contributed by atoms with E-state index in [1.54, 1.807) is 6.33 Å². The highest BCUT2D eigenvalue weighted by atomic mass is 32.2. The Balaban J connectivity index is 1.66. The van der Waals surface area contributed by atoms with Crippen LogP contribution in [0.25, 0.3) is 5.69 Å². The van der Waals surface area contributed by atoms with Crippen LogP contribution in [0, 0.1) is 13.8 Å². The number of carbonyl (C=O) groups is 1. The molecule has 0 unspecified atom stereocenters. The lowest BCUT2D eigenvalue weighted by atomic mass is 10.1. The molecule has 0 aliphatic heterocycles. The van der Waals surface area contributed by atoms with Crippen molar-refractivity contribution in [2.45, 2.75) is 32.3 Å². The normalized spacial score (nSPS) is 10.7. The Bertz CT molecular complexity index is 920. The van der Waals surface area contributed by atoms with Gasteiger partial charge in [-0.2, -0.15) is 0 Å². The lowest BCUT2D eigenvalue weighted by molar-refractivity contribution is -0.113. The second-order valence-electron chi connectivity index (χ2n) is 6.14. The lowest BCUT2D eigenvalue weighted by Gasteiger charge is -2.09. The van der Waals surface area contributed by atoms with Crippen molar-refractivity contribution < 1.29 is 4.79 Å². The second-order valence-corrected chi connectivity index (χ2v) is 7.09. The average molecular weight is 366 g/mol. The third-order valence-corrected chi connectivity index (χ3v) is 5.18. The summed E-state index contributed by atoms with van der Waals surface area (Å²) < 4.78 is 1.90. The molecule has 134 valence electrons. The Kier molecular flexibility index (Phi) is 5.73. The van der Waals surface area contributed by atoms with Crippen LogP contribution in [-0.2, 0) is 11.2 Å². The van der Waals surface area contributed by atoms with Crippen molar-refractivity contribution in [1.82, 2.24) is 14.8 Å². The summed E-state index contributed by atoms with van der Waals surface area (Å²) in [5.74, 6) is 0.220. The quantitative estimate of drug-likeness (QED) is 0.665. The van der Waals surface area contributed by atoms with Crippen LogP contribution < -0.4 is 5.32 Å². The Labute approximate surface area is 157 Å². The van der Waals surface area contributed by atoms with Crippen LogP contribution in [0.2, 0.25) is 0 Å². The topological polar surface area (TPSA) is 59.8 Å². The number of aryl methyl sites for hydroxylation is 3. The molecular weight excluding hydrogens is 344 g/mol. The van der Waals surface area contributed by atoms with Gasteiger partial charge < -0.3 is 5.32 Å². The summed E-state index contributed by atoms with van der Waals surface area (Å²) in [6, 6.07) is 14.1. The van der Waals surface area contributed by atoms with Crippen LogP contribution >= 0.6 is 11.8 Å². The van der Waals surface area contributed by atoms with E-state index >= 15 is 0 Å². The van der Waals surface area contributed by atoms with Gasteiger partial charge in [0, 0.05) is 11.4 Å². The number of nitrogens with zero attached hydrogens (tertiary/aromatic N) is 3. The van der Waals surface area contributed by atoms with Gasteiger partial charge in [0.15, 0.2) is 5.16 Å². The first-order valence-corrected chi connectivity index (χ1v) is 9.54. The molecule has 0 saturated heterocycles. The highest BCUT2D eigenvalue weighted by molar-refractivity contribution is 7.99. The highest BCUT2D eigenvalue weighted by Crippen LogP contribution is 2.21. The first-order valence-electron chi connectivity index (χ1n) is 8.56. The number of aromatic nitrogens is 3. The number of hydrogen-bond acceptors (Lipinski definition) is 4. The number of thioether (sulfide) groups is 1. The third-order valence-electron chi connectivity index (χ3n) is 4.24. The van der Waals surface area contributed by atoms with Gasteiger partial charge in [-0.3, -0.25) is 9.36 Å². The molecule has 3 rings (SSSR count). The van der Waals surface area contributed by atoms with Gasteiger partial charge in [-0.1, -0.05) is 36.9 Å². The summed E-state index contributed by atoms with van der Waals surface area (Å²) in [6.07, 6.45) is 2.62. The summed E-state index contributed by atoms with van der Waals surface area (Å²) in [7, 11) is 0. The number of nitrogens with one attached hydrogen (secondary N) is 1. The molecule has 1 N–H and O–H groups in total. The zero-order valence-electron chi connectivity index (χ0n) is 15.2. The Morgan fingerprint density at radius 1 is 1.15 bits per heavy atom. The molecule has 1 heterocycles. The maximum Gasteiger partial charge on any atom is 0.234 e. The molecule has 0 aliphatic carbocycles. The largest absolute Gasteiger partial charge is 0.325 e. The number of rotatable bonds is 6. The van der Waals surface area contributed by atoms with Crippen molar-refractivity contribution in [2.75, 3.05) is 11.1 Å². The number of amides is 1. The predicted octanol–water partition coefficient (Wildman–Crippen LogP) is 4.18. The fourth-order valence-corrected chi connectivity index (χ4v) is 3.30. The molecule has 26 heavy (non-hydrogen) atoms. The number of hydrogen-bond donors (Lipinski definition) is 1. The first-order chi connectivity index (χ1) is 12.6. The molecule has 0 saturated carbocycles. The lowest BCUT2D eigenvalue weighted by Crippen LogP contribution is -2.14. The molecule has 0 radical (unpaired) electrons. The van der Waals surface area contributed by atoms with E-state index in [1.165, 1.54) is 28.5 Å². The average Bonchev–Trinajstić information content (AvgIpc) is 3.11. The van der Waals surface area contributed by atoms with Crippen molar-refractivity contribution in [1.29, 1.82) is 0 Å². The van der Waals surface area contributed by atoms with Crippen LogP contribution in [0.5, 0.6) is 0 Å². The molecule has 5 nitrogen and oxygen atoms in total. The van der Waals surface area contributed by atoms with E-state index in [9.17, 15) is 4.79 Å². The molecule has 0 bridgehead atoms. The van der Waals surface area contributed by atoms with Crippen molar-refractivity contribution in [3.63, 3.8) is 0 Å². The fraction of sp³-hybridized carbons (Fsp3) is 0.250. The molecule has 1 aromatic heterocycles. The van der Waals surface area contributed by atoms with Crippen molar-refractivity contribution in [3.05, 3.63) is 65.5 Å². The molecule has 6 heteroatoms. The fourth-order valence-electron chi connectivity index (χ4n) is 2.57. The number of carbonyl (C=O) groups excluding carboxylic acids is 1. The Morgan fingerprint density at radius 2 is 2.00 bits per heavy atom. The SMILES string of the molecule is CCc1cccc(NC(=O)CSc2nncn2-c2ccc(C)c(C)c2)c1. The predicted molar refractivity (Wildman–Crippen MR) is 106 cm³/mol. The number of benzene rings is 2. The minimum absolute atomic E-state index is 0.0575. The van der Waals surface area contributed by atoms with E-state index in [-0.39, 0.29) is 11.7 Å². The minimum Gasteiger partial charge on any atom is -0.325 e. The standard InChI is InChI=1S/C20H22N4OS/c1-4-16-6-5-7-17(11-16)22-19(25)12-26-20-23-21-13-24(20)18-9-8-14(2)15(3)10-18/h5-11,13H,4,12H2,1-3H3,(H,22,25). The van der Waals surface area contributed by atoms with Gasteiger partial charge in [-0.15, -0.1) is 10.2 Å². The molecule has 0 fully saturated rings. The van der Waals surface area contributed by atoms with E-state index in [2.05, 4.69) is 54.5 Å². The van der Waals surface area contributed by atoms with Crippen LogP contribution in [0.1, 0.15) is 23.6 Å². The molecule has 2 aromatic carbocycles. The van der Waals surface area contributed by atoms with Gasteiger partial charge in [0.25, 0.3) is 0 Å². The number of anilines is 1. The maximum absolute atomic E-state index is 12.3. The van der Waals surface area contributed by atoms with E-state index < -0.39 is 0 Å². The molecular formula is C20H22N4OS. The van der Waals surface area contributed by atoms with Crippen molar-refractivity contribution in [2.24, 2.45) is 0 Å².